The molecule has 2 heterocycles. The molecule has 0 aliphatic carbocycles. The van der Waals surface area contributed by atoms with Crippen molar-refractivity contribution in [3.8, 4) is 0 Å². The molecule has 0 aliphatic heterocycles. The van der Waals surface area contributed by atoms with Crippen molar-refractivity contribution in [2.75, 3.05) is 10.6 Å². The number of amides is 2. The number of carbonyl (C=O) groups excluding carboxylic acids is 3. The average Bonchev–Trinajstić information content (AvgIpc) is 3.13. The molecule has 1 atom stereocenters. The maximum Gasteiger partial charge on any atom is 0.358 e. The van der Waals surface area contributed by atoms with Crippen LogP contribution in [0.15, 0.2) is 16.0 Å². The molecule has 0 saturated carbocycles. The molecule has 9 nitrogen and oxygen atoms in total. The fourth-order valence-electron chi connectivity index (χ4n) is 1.72. The van der Waals surface area contributed by atoms with E-state index in [4.69, 9.17) is 9.26 Å². The highest BCUT2D eigenvalue weighted by Gasteiger charge is 2.24. The number of anilines is 2. The lowest BCUT2D eigenvalue weighted by Gasteiger charge is -2.14. The van der Waals surface area contributed by atoms with Crippen molar-refractivity contribution in [3.63, 3.8) is 0 Å². The Balaban J connectivity index is 1.98. The van der Waals surface area contributed by atoms with Crippen molar-refractivity contribution in [2.24, 2.45) is 0 Å². The van der Waals surface area contributed by atoms with E-state index in [2.05, 4.69) is 20.8 Å². The van der Waals surface area contributed by atoms with Gasteiger partial charge in [-0.05, 0) is 13.3 Å². The van der Waals surface area contributed by atoms with Crippen LogP contribution in [0.2, 0.25) is 0 Å². The molecule has 1 unspecified atom stereocenters. The van der Waals surface area contributed by atoms with Crippen LogP contribution in [0.5, 0.6) is 0 Å². The van der Waals surface area contributed by atoms with Gasteiger partial charge in [-0.25, -0.2) is 9.78 Å². The van der Waals surface area contributed by atoms with Gasteiger partial charge >= 0.3 is 5.97 Å². The Bertz CT molecular complexity index is 754. The van der Waals surface area contributed by atoms with Crippen LogP contribution in [0.3, 0.4) is 0 Å². The van der Waals surface area contributed by atoms with Crippen molar-refractivity contribution < 1.29 is 23.6 Å². The van der Waals surface area contributed by atoms with Crippen LogP contribution >= 0.6 is 11.3 Å². The Morgan fingerprint density at radius 1 is 1.38 bits per heavy atom. The van der Waals surface area contributed by atoms with E-state index in [1.165, 1.54) is 12.3 Å². The van der Waals surface area contributed by atoms with Crippen LogP contribution in [0.25, 0.3) is 0 Å². The number of esters is 1. The summed E-state index contributed by atoms with van der Waals surface area (Å²) in [5.41, 5.74) is 0.0206. The van der Waals surface area contributed by atoms with Crippen LogP contribution in [-0.4, -0.2) is 34.0 Å². The number of thiazole rings is 1. The van der Waals surface area contributed by atoms with Crippen LogP contribution in [0, 0.1) is 6.92 Å². The number of aromatic nitrogens is 2. The minimum atomic E-state index is -1.000. The van der Waals surface area contributed by atoms with Gasteiger partial charge in [-0.2, -0.15) is 0 Å². The molecule has 2 N–H and O–H groups in total. The predicted octanol–water partition coefficient (Wildman–Crippen LogP) is 1.97. The summed E-state index contributed by atoms with van der Waals surface area (Å²) in [4.78, 5) is 39.1. The summed E-state index contributed by atoms with van der Waals surface area (Å²) in [7, 11) is 0. The third-order valence-corrected chi connectivity index (χ3v) is 3.55. The highest BCUT2D eigenvalue weighted by molar-refractivity contribution is 7.14. The highest BCUT2D eigenvalue weighted by atomic mass is 32.1. The second-order valence-electron chi connectivity index (χ2n) is 4.83. The van der Waals surface area contributed by atoms with Gasteiger partial charge in [0.05, 0.1) is 0 Å². The fraction of sp³-hybridized carbons (Fsp3) is 0.357. The summed E-state index contributed by atoms with van der Waals surface area (Å²) in [6.07, 6.45) is -0.725. The molecule has 2 aromatic rings. The lowest BCUT2D eigenvalue weighted by Crippen LogP contribution is -2.32. The molecule has 24 heavy (non-hydrogen) atoms. The van der Waals surface area contributed by atoms with E-state index in [1.54, 1.807) is 19.9 Å². The maximum absolute atomic E-state index is 12.1. The number of hydrogen-bond donors (Lipinski definition) is 2. The Labute approximate surface area is 141 Å². The molecular weight excluding hydrogens is 336 g/mol. The molecule has 0 fully saturated rings. The number of hydrogen-bond acceptors (Lipinski definition) is 8. The number of nitrogens with one attached hydrogen (secondary N) is 2. The van der Waals surface area contributed by atoms with Gasteiger partial charge in [-0.3, -0.25) is 9.59 Å². The first kappa shape index (κ1) is 17.6. The summed E-state index contributed by atoms with van der Waals surface area (Å²) < 4.78 is 10.0. The molecule has 0 aliphatic rings. The first-order valence-corrected chi connectivity index (χ1v) is 7.95. The second kappa shape index (κ2) is 7.68. The van der Waals surface area contributed by atoms with Gasteiger partial charge in [-0.15, -0.1) is 11.3 Å². The Kier molecular flexibility index (Phi) is 5.64. The summed E-state index contributed by atoms with van der Waals surface area (Å²) >= 11 is 1.09. The van der Waals surface area contributed by atoms with E-state index in [1.807, 2.05) is 0 Å². The van der Waals surface area contributed by atoms with Crippen LogP contribution in [-0.2, 0) is 14.3 Å². The molecule has 2 amide bonds. The standard InChI is InChI=1S/C14H16N4O5S/c1-4-10(12(20)17-11-5-7(2)23-18-11)22-13(21)9-6-24-14(16-9)15-8(3)19/h5-6,10H,4H2,1-3H3,(H,15,16,19)(H,17,18,20). The topological polar surface area (TPSA) is 123 Å². The van der Waals surface area contributed by atoms with Gasteiger partial charge in [0, 0.05) is 18.4 Å². The van der Waals surface area contributed by atoms with Crippen molar-refractivity contribution >= 4 is 40.1 Å². The first-order chi connectivity index (χ1) is 11.4. The smallest absolute Gasteiger partial charge is 0.358 e. The zero-order valence-electron chi connectivity index (χ0n) is 13.3. The van der Waals surface area contributed by atoms with Crippen LogP contribution in [0.4, 0.5) is 10.9 Å². The van der Waals surface area contributed by atoms with Crippen molar-refractivity contribution in [1.82, 2.24) is 10.1 Å². The summed E-state index contributed by atoms with van der Waals surface area (Å²) in [5.74, 6) is -0.771. The molecule has 0 bridgehead atoms. The number of ether oxygens (including phenoxy) is 1. The van der Waals surface area contributed by atoms with Crippen LogP contribution in [0.1, 0.15) is 36.5 Å². The lowest BCUT2D eigenvalue weighted by molar-refractivity contribution is -0.124. The fourth-order valence-corrected chi connectivity index (χ4v) is 2.45. The van der Waals surface area contributed by atoms with Crippen molar-refractivity contribution in [3.05, 3.63) is 22.9 Å². The van der Waals surface area contributed by atoms with Gasteiger partial charge in [0.2, 0.25) is 5.91 Å². The van der Waals surface area contributed by atoms with Gasteiger partial charge < -0.3 is 19.9 Å². The van der Waals surface area contributed by atoms with Gasteiger partial charge in [-0.1, -0.05) is 12.1 Å². The Hall–Kier alpha value is -2.75. The van der Waals surface area contributed by atoms with E-state index in [0.29, 0.717) is 5.76 Å². The van der Waals surface area contributed by atoms with Gasteiger partial charge in [0.15, 0.2) is 22.7 Å². The summed E-state index contributed by atoms with van der Waals surface area (Å²) in [6.45, 7) is 4.73. The van der Waals surface area contributed by atoms with E-state index >= 15 is 0 Å². The Morgan fingerprint density at radius 2 is 2.12 bits per heavy atom. The lowest BCUT2D eigenvalue weighted by atomic mass is 10.2. The number of nitrogens with zero attached hydrogens (tertiary/aromatic N) is 2. The second-order valence-corrected chi connectivity index (χ2v) is 5.69. The summed E-state index contributed by atoms with van der Waals surface area (Å²) in [6, 6.07) is 1.55. The third kappa shape index (κ3) is 4.62. The molecule has 0 aromatic carbocycles. The van der Waals surface area contributed by atoms with Crippen molar-refractivity contribution in [1.29, 1.82) is 0 Å². The molecule has 0 radical (unpaired) electrons. The molecule has 2 rings (SSSR count). The minimum absolute atomic E-state index is 0.0206. The minimum Gasteiger partial charge on any atom is -0.448 e. The zero-order valence-corrected chi connectivity index (χ0v) is 14.1. The molecule has 10 heteroatoms. The van der Waals surface area contributed by atoms with Gasteiger partial charge in [0.1, 0.15) is 5.76 Å². The highest BCUT2D eigenvalue weighted by Crippen LogP contribution is 2.17. The monoisotopic (exact) mass is 352 g/mol. The van der Waals surface area contributed by atoms with Crippen LogP contribution < -0.4 is 10.6 Å². The Morgan fingerprint density at radius 3 is 2.71 bits per heavy atom. The maximum atomic E-state index is 12.1. The average molecular weight is 352 g/mol. The number of rotatable bonds is 6. The summed E-state index contributed by atoms with van der Waals surface area (Å²) in [5, 5.41) is 10.3. The largest absolute Gasteiger partial charge is 0.448 e. The molecule has 0 spiro atoms. The normalized spacial score (nSPS) is 11.6. The number of carbonyl (C=O) groups is 3. The molecular formula is C14H16N4O5S. The molecule has 128 valence electrons. The van der Waals surface area contributed by atoms with Gasteiger partial charge in [0.25, 0.3) is 5.91 Å². The van der Waals surface area contributed by atoms with E-state index < -0.39 is 18.0 Å². The predicted molar refractivity (Wildman–Crippen MR) is 85.8 cm³/mol. The molecule has 0 saturated heterocycles. The van der Waals surface area contributed by atoms with Crippen molar-refractivity contribution in [2.45, 2.75) is 33.3 Å². The zero-order chi connectivity index (χ0) is 17.7. The van der Waals surface area contributed by atoms with E-state index in [-0.39, 0.29) is 29.0 Å². The molecule has 2 aromatic heterocycles. The number of aryl methyl sites for hydroxylation is 1. The quantitative estimate of drug-likeness (QED) is 0.762. The first-order valence-electron chi connectivity index (χ1n) is 7.07. The SMILES string of the molecule is CCC(OC(=O)c1csc(NC(C)=O)n1)C(=O)Nc1cc(C)on1. The van der Waals surface area contributed by atoms with E-state index in [0.717, 1.165) is 11.3 Å². The third-order valence-electron chi connectivity index (χ3n) is 2.79. The van der Waals surface area contributed by atoms with E-state index in [9.17, 15) is 14.4 Å².